The highest BCUT2D eigenvalue weighted by Gasteiger charge is 2.70. The van der Waals surface area contributed by atoms with E-state index < -0.39 is 63.7 Å². The number of thioether (sulfide) groups is 1. The van der Waals surface area contributed by atoms with E-state index in [2.05, 4.69) is 15.6 Å². The molecular weight excluding hydrogens is 520 g/mol. The number of carboxylic acids is 1. The maximum absolute atomic E-state index is 13.6. The Morgan fingerprint density at radius 1 is 1.18 bits per heavy atom. The summed E-state index contributed by atoms with van der Waals surface area (Å²) in [6.45, 7) is 2.67. The summed E-state index contributed by atoms with van der Waals surface area (Å²) < 4.78 is 25.9. The van der Waals surface area contributed by atoms with Crippen molar-refractivity contribution in [2.75, 3.05) is 6.54 Å². The van der Waals surface area contributed by atoms with Gasteiger partial charge in [0, 0.05) is 11.6 Å². The number of rotatable bonds is 8. The second-order valence-corrected chi connectivity index (χ2v) is 11.1. The molecule has 0 radical (unpaired) electrons. The van der Waals surface area contributed by atoms with Crippen molar-refractivity contribution in [3.63, 3.8) is 0 Å². The quantitative estimate of drug-likeness (QED) is 0.223. The number of aliphatic carboxylic acids is 1. The first kappa shape index (κ1) is 27.0. The monoisotopic (exact) mass is 545 g/mol. The molecule has 2 aromatic rings. The number of β-lactam (4-membered cyclic amide) rings is 1. The number of fused-ring (bicyclic) bond motifs is 1. The van der Waals surface area contributed by atoms with Crippen molar-refractivity contribution in [1.82, 2.24) is 15.5 Å². The predicted octanol–water partition coefficient (Wildman–Crippen LogP) is 1.51. The third-order valence-electron chi connectivity index (χ3n) is 6.43. The molecule has 2 aliphatic heterocycles. The molecule has 0 bridgehead atoms. The minimum Gasteiger partial charge on any atom is -0.478 e. The van der Waals surface area contributed by atoms with Crippen molar-refractivity contribution in [3.8, 4) is 0 Å². The third kappa shape index (κ3) is 4.80. The van der Waals surface area contributed by atoms with Gasteiger partial charge in [-0.2, -0.15) is 0 Å². The fourth-order valence-electron chi connectivity index (χ4n) is 4.58. The lowest BCUT2D eigenvalue weighted by molar-refractivity contribution is -0.173. The average Bonchev–Trinajstić information content (AvgIpc) is 3.02. The summed E-state index contributed by atoms with van der Waals surface area (Å²) in [5, 5.41) is 14.9. The fraction of sp³-hybridized carbons (Fsp3) is 0.320. The molecule has 0 saturated carbocycles. The smallest absolute Gasteiger partial charge is 0.352 e. The molecule has 2 fully saturated rings. The molecule has 10 nitrogen and oxygen atoms in total. The van der Waals surface area contributed by atoms with E-state index in [0.29, 0.717) is 11.6 Å². The Bertz CT molecular complexity index is 1320. The van der Waals surface area contributed by atoms with Gasteiger partial charge >= 0.3 is 5.97 Å². The van der Waals surface area contributed by atoms with E-state index in [9.17, 15) is 33.1 Å². The zero-order valence-corrected chi connectivity index (χ0v) is 21.2. The van der Waals surface area contributed by atoms with Gasteiger partial charge in [-0.3, -0.25) is 24.3 Å². The van der Waals surface area contributed by atoms with E-state index in [4.69, 9.17) is 5.73 Å². The molecule has 1 unspecified atom stereocenters. The second kappa shape index (κ2) is 10.0. The van der Waals surface area contributed by atoms with Crippen LogP contribution in [0.1, 0.15) is 37.4 Å². The number of hydrogen-bond acceptors (Lipinski definition) is 6. The van der Waals surface area contributed by atoms with Gasteiger partial charge in [0.05, 0.1) is 16.5 Å². The van der Waals surface area contributed by atoms with Gasteiger partial charge in [-0.05, 0) is 31.5 Å². The Morgan fingerprint density at radius 3 is 2.39 bits per heavy atom. The Labute approximate surface area is 220 Å². The molecule has 13 heteroatoms. The van der Waals surface area contributed by atoms with Crippen molar-refractivity contribution < 1.29 is 33.1 Å². The lowest BCUT2D eigenvalue weighted by Crippen LogP contribution is -2.75. The van der Waals surface area contributed by atoms with Gasteiger partial charge < -0.3 is 21.5 Å². The molecule has 0 aromatic heterocycles. The SMILES string of the molecule is CC1(C)S[C@@H]2CC(=O)N2[C@@]1(NC(=O)C(NC(=O)CN=C(N)c1cc(F)cc(F)c1)c1ccccc1)C(=O)O. The van der Waals surface area contributed by atoms with Gasteiger partial charge in [0.15, 0.2) is 0 Å². The summed E-state index contributed by atoms with van der Waals surface area (Å²) in [7, 11) is 0. The average molecular weight is 546 g/mol. The largest absolute Gasteiger partial charge is 0.478 e. The Balaban J connectivity index is 1.58. The molecule has 2 heterocycles. The number of nitrogens with zero attached hydrogens (tertiary/aromatic N) is 2. The lowest BCUT2D eigenvalue weighted by Gasteiger charge is -2.46. The molecule has 5 N–H and O–H groups in total. The summed E-state index contributed by atoms with van der Waals surface area (Å²) in [5.41, 5.74) is 4.01. The Morgan fingerprint density at radius 2 is 1.82 bits per heavy atom. The number of aliphatic imine (C=N–C) groups is 1. The van der Waals surface area contributed by atoms with Crippen molar-refractivity contribution in [2.24, 2.45) is 10.7 Å². The summed E-state index contributed by atoms with van der Waals surface area (Å²) in [4.78, 5) is 56.3. The number of halogens is 2. The van der Waals surface area contributed by atoms with E-state index >= 15 is 0 Å². The highest BCUT2D eigenvalue weighted by atomic mass is 32.2. The number of amidine groups is 1. The summed E-state index contributed by atoms with van der Waals surface area (Å²) in [6, 6.07) is 9.32. The molecule has 0 spiro atoms. The van der Waals surface area contributed by atoms with Crippen molar-refractivity contribution in [2.45, 2.75) is 42.1 Å². The lowest BCUT2D eigenvalue weighted by atomic mass is 9.89. The molecule has 0 aliphatic carbocycles. The molecular formula is C25H25F2N5O5S. The number of hydrogen-bond donors (Lipinski definition) is 4. The van der Waals surface area contributed by atoms with E-state index in [1.165, 1.54) is 11.8 Å². The molecule has 2 aliphatic rings. The van der Waals surface area contributed by atoms with Crippen LogP contribution in [0.4, 0.5) is 8.78 Å². The molecule has 3 amide bonds. The van der Waals surface area contributed by atoms with Gasteiger partial charge in [-0.1, -0.05) is 30.3 Å². The van der Waals surface area contributed by atoms with Gasteiger partial charge in [-0.15, -0.1) is 11.8 Å². The van der Waals surface area contributed by atoms with Crippen LogP contribution < -0.4 is 16.4 Å². The van der Waals surface area contributed by atoms with Crippen LogP contribution in [0.25, 0.3) is 0 Å². The van der Waals surface area contributed by atoms with Gasteiger partial charge in [0.25, 0.3) is 0 Å². The van der Waals surface area contributed by atoms with Gasteiger partial charge in [0.1, 0.15) is 30.1 Å². The Kier molecular flexibility index (Phi) is 7.15. The molecule has 38 heavy (non-hydrogen) atoms. The molecule has 200 valence electrons. The van der Waals surface area contributed by atoms with Gasteiger partial charge in [-0.25, -0.2) is 13.6 Å². The fourth-order valence-corrected chi connectivity index (χ4v) is 6.27. The number of carbonyl (C=O) groups is 4. The minimum absolute atomic E-state index is 0.0641. The summed E-state index contributed by atoms with van der Waals surface area (Å²) in [5.74, 6) is -5.47. The number of benzene rings is 2. The van der Waals surface area contributed by atoms with Crippen LogP contribution in [0, 0.1) is 11.6 Å². The third-order valence-corrected chi connectivity index (χ3v) is 7.97. The maximum atomic E-state index is 13.6. The second-order valence-electron chi connectivity index (χ2n) is 9.33. The number of nitrogens with one attached hydrogen (secondary N) is 2. The predicted molar refractivity (Wildman–Crippen MR) is 135 cm³/mol. The zero-order valence-electron chi connectivity index (χ0n) is 20.4. The topological polar surface area (TPSA) is 154 Å². The van der Waals surface area contributed by atoms with Crippen molar-refractivity contribution in [1.29, 1.82) is 0 Å². The van der Waals surface area contributed by atoms with E-state index in [0.717, 1.165) is 17.0 Å². The summed E-state index contributed by atoms with van der Waals surface area (Å²) >= 11 is 1.27. The van der Waals surface area contributed by atoms with Crippen molar-refractivity contribution in [3.05, 3.63) is 71.3 Å². The highest BCUT2D eigenvalue weighted by molar-refractivity contribution is 8.01. The standard InChI is InChI=1S/C25H25F2N5O5S/c1-24(2)25(23(36)37,32-18(34)11-19(32)38-24)31-22(35)20(13-6-4-3-5-7-13)30-17(33)12-29-21(28)14-8-15(26)10-16(27)9-14/h3-10,19-20H,11-12H2,1-2H3,(H2,28,29)(H,30,33)(H,31,35)(H,36,37)/t19-,20?,25+/m1/s1. The van der Waals surface area contributed by atoms with E-state index in [1.807, 2.05) is 0 Å². The van der Waals surface area contributed by atoms with Crippen LogP contribution in [-0.2, 0) is 19.2 Å². The Hall–Kier alpha value is -4.00. The molecule has 4 rings (SSSR count). The van der Waals surface area contributed by atoms with Crippen molar-refractivity contribution >= 4 is 41.3 Å². The van der Waals surface area contributed by atoms with Crippen LogP contribution in [0.15, 0.2) is 53.5 Å². The first-order valence-electron chi connectivity index (χ1n) is 11.5. The maximum Gasteiger partial charge on any atom is 0.352 e. The number of amides is 3. The molecule has 2 saturated heterocycles. The van der Waals surface area contributed by atoms with E-state index in [-0.39, 0.29) is 17.8 Å². The van der Waals surface area contributed by atoms with Gasteiger partial charge in [0.2, 0.25) is 23.4 Å². The zero-order chi connectivity index (χ0) is 27.8. The van der Waals surface area contributed by atoms with E-state index in [1.54, 1.807) is 44.2 Å². The van der Waals surface area contributed by atoms with Crippen LogP contribution in [-0.4, -0.2) is 61.9 Å². The molecule has 2 aromatic carbocycles. The van der Waals surface area contributed by atoms with Crippen LogP contribution in [0.3, 0.4) is 0 Å². The van der Waals surface area contributed by atoms with Crippen LogP contribution in [0.2, 0.25) is 0 Å². The highest BCUT2D eigenvalue weighted by Crippen LogP contribution is 2.55. The minimum atomic E-state index is -2.05. The first-order chi connectivity index (χ1) is 17.9. The first-order valence-corrected chi connectivity index (χ1v) is 12.4. The summed E-state index contributed by atoms with van der Waals surface area (Å²) in [6.07, 6.45) is 0.159. The normalized spacial score (nSPS) is 22.7. The molecule has 3 atom stereocenters. The van der Waals surface area contributed by atoms with Crippen LogP contribution >= 0.6 is 11.8 Å². The number of carboxylic acid groups (broad SMARTS) is 1. The number of nitrogens with two attached hydrogens (primary N) is 1. The van der Waals surface area contributed by atoms with Crippen LogP contribution in [0.5, 0.6) is 0 Å². The number of carbonyl (C=O) groups excluding carboxylic acids is 3.